The number of aromatic hydroxyl groups is 1. The van der Waals surface area contributed by atoms with Crippen LogP contribution in [0.25, 0.3) is 5.70 Å². The normalized spacial score (nSPS) is 14.5. The van der Waals surface area contributed by atoms with E-state index in [1.807, 2.05) is 32.1 Å². The van der Waals surface area contributed by atoms with E-state index in [9.17, 15) is 5.11 Å². The minimum absolute atomic E-state index is 0.177. The highest BCUT2D eigenvalue weighted by Crippen LogP contribution is 2.36. The molecule has 5 nitrogen and oxygen atoms in total. The fourth-order valence-corrected chi connectivity index (χ4v) is 2.94. The second kappa shape index (κ2) is 7.25. The fourth-order valence-electron chi connectivity index (χ4n) is 2.77. The molecule has 0 radical (unpaired) electrons. The molecule has 2 aromatic carbocycles. The van der Waals surface area contributed by atoms with Gasteiger partial charge in [-0.3, -0.25) is 10.9 Å². The number of hydrogen-bond donors (Lipinski definition) is 4. The maximum absolute atomic E-state index is 9.78. The molecule has 6 heteroatoms. The van der Waals surface area contributed by atoms with Gasteiger partial charge in [-0.2, -0.15) is 0 Å². The van der Waals surface area contributed by atoms with Gasteiger partial charge in [-0.1, -0.05) is 19.1 Å². The van der Waals surface area contributed by atoms with Gasteiger partial charge >= 0.3 is 0 Å². The SMILES string of the molecule is CCc1ccc(NC(=S)NNC2=CC(C)(C)Oc3ccc(O)cc32)cc1. The Morgan fingerprint density at radius 3 is 2.58 bits per heavy atom. The average molecular weight is 369 g/mol. The Labute approximate surface area is 159 Å². The van der Waals surface area contributed by atoms with Crippen LogP contribution in [0.2, 0.25) is 0 Å². The summed E-state index contributed by atoms with van der Waals surface area (Å²) in [5, 5.41) is 13.4. The van der Waals surface area contributed by atoms with E-state index in [0.29, 0.717) is 10.9 Å². The van der Waals surface area contributed by atoms with E-state index in [4.69, 9.17) is 17.0 Å². The lowest BCUT2D eigenvalue weighted by Gasteiger charge is -2.31. The minimum Gasteiger partial charge on any atom is -0.508 e. The number of rotatable bonds is 4. The molecule has 0 spiro atoms. The molecule has 0 unspecified atom stereocenters. The molecule has 1 aliphatic rings. The lowest BCUT2D eigenvalue weighted by Crippen LogP contribution is -2.41. The number of thiocarbonyl (C=S) groups is 1. The Morgan fingerprint density at radius 2 is 1.88 bits per heavy atom. The zero-order valence-electron chi connectivity index (χ0n) is 15.1. The Hall–Kier alpha value is -2.73. The van der Waals surface area contributed by atoms with E-state index in [-0.39, 0.29) is 5.75 Å². The third kappa shape index (κ3) is 4.26. The third-order valence-electron chi connectivity index (χ3n) is 4.05. The molecule has 2 aromatic rings. The summed E-state index contributed by atoms with van der Waals surface area (Å²) in [6.45, 7) is 6.06. The molecule has 3 rings (SSSR count). The largest absolute Gasteiger partial charge is 0.508 e. The van der Waals surface area contributed by atoms with Gasteiger partial charge in [0.2, 0.25) is 0 Å². The molecule has 0 aliphatic carbocycles. The van der Waals surface area contributed by atoms with Crippen molar-refractivity contribution in [1.29, 1.82) is 0 Å². The van der Waals surface area contributed by atoms with E-state index in [0.717, 1.165) is 23.4 Å². The van der Waals surface area contributed by atoms with Crippen molar-refractivity contribution in [3.8, 4) is 11.5 Å². The predicted molar refractivity (Wildman–Crippen MR) is 109 cm³/mol. The molecule has 136 valence electrons. The van der Waals surface area contributed by atoms with Crippen molar-refractivity contribution >= 4 is 28.7 Å². The molecule has 26 heavy (non-hydrogen) atoms. The number of hydrazine groups is 1. The molecule has 0 atom stereocenters. The van der Waals surface area contributed by atoms with Crippen molar-refractivity contribution < 1.29 is 9.84 Å². The predicted octanol–water partition coefficient (Wildman–Crippen LogP) is 3.96. The molecule has 0 aromatic heterocycles. The second-order valence-corrected chi connectivity index (χ2v) is 7.11. The van der Waals surface area contributed by atoms with Crippen molar-refractivity contribution in [3.05, 3.63) is 59.7 Å². The van der Waals surface area contributed by atoms with E-state index in [1.54, 1.807) is 18.2 Å². The first-order valence-corrected chi connectivity index (χ1v) is 8.94. The van der Waals surface area contributed by atoms with E-state index >= 15 is 0 Å². The van der Waals surface area contributed by atoms with Crippen LogP contribution in [0.5, 0.6) is 11.5 Å². The summed E-state index contributed by atoms with van der Waals surface area (Å²) in [6, 6.07) is 13.2. The van der Waals surface area contributed by atoms with Gasteiger partial charge in [0, 0.05) is 11.3 Å². The number of ether oxygens (including phenoxy) is 1. The van der Waals surface area contributed by atoms with Crippen LogP contribution < -0.4 is 20.9 Å². The second-order valence-electron chi connectivity index (χ2n) is 6.70. The van der Waals surface area contributed by atoms with Crippen LogP contribution in [0, 0.1) is 0 Å². The molecule has 4 N–H and O–H groups in total. The monoisotopic (exact) mass is 369 g/mol. The van der Waals surface area contributed by atoms with Crippen LogP contribution in [0.15, 0.2) is 48.5 Å². The first-order chi connectivity index (χ1) is 12.4. The molecule has 1 aliphatic heterocycles. The standard InChI is InChI=1S/C20H23N3O2S/c1-4-13-5-7-14(8-6-13)21-19(26)23-22-17-12-20(2,3)25-18-10-9-15(24)11-16(17)18/h5-12,22,24H,4H2,1-3H3,(H2,21,23,26). The number of benzene rings is 2. The van der Waals surface area contributed by atoms with Gasteiger partial charge in [-0.25, -0.2) is 0 Å². The molecule has 0 bridgehead atoms. The zero-order valence-corrected chi connectivity index (χ0v) is 15.9. The summed E-state index contributed by atoms with van der Waals surface area (Å²) in [5.74, 6) is 0.880. The van der Waals surface area contributed by atoms with Crippen LogP contribution in [-0.4, -0.2) is 15.8 Å². The van der Waals surface area contributed by atoms with Gasteiger partial charge < -0.3 is 15.2 Å². The number of phenols is 1. The first-order valence-electron chi connectivity index (χ1n) is 8.53. The Bertz CT molecular complexity index is 845. The summed E-state index contributed by atoms with van der Waals surface area (Å²) < 4.78 is 5.93. The summed E-state index contributed by atoms with van der Waals surface area (Å²) in [6.07, 6.45) is 2.95. The topological polar surface area (TPSA) is 65.5 Å². The number of aryl methyl sites for hydroxylation is 1. The maximum atomic E-state index is 9.78. The Balaban J connectivity index is 1.68. The van der Waals surface area contributed by atoms with Gasteiger partial charge in [-0.15, -0.1) is 0 Å². The molecule has 0 amide bonds. The first kappa shape index (κ1) is 18.1. The van der Waals surface area contributed by atoms with Gasteiger partial charge in [0.25, 0.3) is 0 Å². The van der Waals surface area contributed by atoms with E-state index < -0.39 is 5.60 Å². The Morgan fingerprint density at radius 1 is 1.15 bits per heavy atom. The smallest absolute Gasteiger partial charge is 0.189 e. The summed E-state index contributed by atoms with van der Waals surface area (Å²) in [5.41, 5.74) is 9.39. The van der Waals surface area contributed by atoms with Crippen LogP contribution in [-0.2, 0) is 6.42 Å². The van der Waals surface area contributed by atoms with Crippen molar-refractivity contribution in [2.75, 3.05) is 5.32 Å². The van der Waals surface area contributed by atoms with Crippen molar-refractivity contribution in [2.24, 2.45) is 0 Å². The molecular formula is C20H23N3O2S. The van der Waals surface area contributed by atoms with Crippen molar-refractivity contribution in [2.45, 2.75) is 32.8 Å². The van der Waals surface area contributed by atoms with Crippen LogP contribution in [0.3, 0.4) is 0 Å². The van der Waals surface area contributed by atoms with Gasteiger partial charge in [-0.05, 0) is 74.5 Å². The average Bonchev–Trinajstić information content (AvgIpc) is 2.60. The van der Waals surface area contributed by atoms with Gasteiger partial charge in [0.15, 0.2) is 5.11 Å². The lowest BCUT2D eigenvalue weighted by atomic mass is 9.99. The number of anilines is 1. The number of hydrogen-bond acceptors (Lipinski definition) is 4. The summed E-state index contributed by atoms with van der Waals surface area (Å²) in [4.78, 5) is 0. The van der Waals surface area contributed by atoms with Crippen molar-refractivity contribution in [1.82, 2.24) is 10.9 Å². The van der Waals surface area contributed by atoms with Gasteiger partial charge in [0.05, 0.1) is 5.70 Å². The highest BCUT2D eigenvalue weighted by molar-refractivity contribution is 7.80. The molecule has 1 heterocycles. The number of phenolic OH excluding ortho intramolecular Hbond substituents is 1. The minimum atomic E-state index is -0.473. The molecule has 0 saturated heterocycles. The maximum Gasteiger partial charge on any atom is 0.189 e. The Kier molecular flexibility index (Phi) is 5.04. The lowest BCUT2D eigenvalue weighted by molar-refractivity contribution is 0.157. The van der Waals surface area contributed by atoms with Crippen LogP contribution in [0.1, 0.15) is 31.9 Å². The van der Waals surface area contributed by atoms with Crippen molar-refractivity contribution in [3.63, 3.8) is 0 Å². The quantitative estimate of drug-likeness (QED) is 0.483. The van der Waals surface area contributed by atoms with Crippen LogP contribution in [0.4, 0.5) is 5.69 Å². The number of nitrogens with one attached hydrogen (secondary N) is 3. The van der Waals surface area contributed by atoms with Crippen LogP contribution >= 0.6 is 12.2 Å². The van der Waals surface area contributed by atoms with E-state index in [1.165, 1.54) is 5.56 Å². The third-order valence-corrected chi connectivity index (χ3v) is 4.25. The number of fused-ring (bicyclic) bond motifs is 1. The molecular weight excluding hydrogens is 346 g/mol. The molecule has 0 fully saturated rings. The fraction of sp³-hybridized carbons (Fsp3) is 0.250. The zero-order chi connectivity index (χ0) is 18.7. The van der Waals surface area contributed by atoms with E-state index in [2.05, 4.69) is 35.2 Å². The highest BCUT2D eigenvalue weighted by Gasteiger charge is 2.27. The molecule has 0 saturated carbocycles. The van der Waals surface area contributed by atoms with Gasteiger partial charge in [0.1, 0.15) is 17.1 Å². The highest BCUT2D eigenvalue weighted by atomic mass is 32.1. The summed E-state index contributed by atoms with van der Waals surface area (Å²) >= 11 is 5.35. The summed E-state index contributed by atoms with van der Waals surface area (Å²) in [7, 11) is 0.